The van der Waals surface area contributed by atoms with Crippen molar-refractivity contribution in [3.8, 4) is 6.07 Å². The smallest absolute Gasteiger partial charge is 0.0689 e. The fourth-order valence-electron chi connectivity index (χ4n) is 1.70. The first-order valence-electron chi connectivity index (χ1n) is 4.24. The van der Waals surface area contributed by atoms with Crippen LogP contribution in [0.2, 0.25) is 0 Å². The summed E-state index contributed by atoms with van der Waals surface area (Å²) in [6.45, 7) is 2.21. The van der Waals surface area contributed by atoms with Crippen LogP contribution in [0, 0.1) is 22.7 Å². The standard InChI is InChI=1S/C9H15NO/c1-8(6-11)5-9(7-10)3-2-4-9/h8,11H,2-6H2,1H3. The molecule has 0 amide bonds. The van der Waals surface area contributed by atoms with E-state index in [0.29, 0.717) is 0 Å². The highest BCUT2D eigenvalue weighted by molar-refractivity contribution is 5.04. The second-order valence-electron chi connectivity index (χ2n) is 3.74. The molecule has 0 aromatic heterocycles. The number of rotatable bonds is 3. The Bertz CT molecular complexity index is 167. The van der Waals surface area contributed by atoms with E-state index < -0.39 is 0 Å². The van der Waals surface area contributed by atoms with Gasteiger partial charge in [0.15, 0.2) is 0 Å². The molecule has 2 nitrogen and oxygen atoms in total. The highest BCUT2D eigenvalue weighted by Crippen LogP contribution is 2.45. The van der Waals surface area contributed by atoms with Gasteiger partial charge in [-0.25, -0.2) is 0 Å². The van der Waals surface area contributed by atoms with Gasteiger partial charge in [0, 0.05) is 6.61 Å². The third-order valence-corrected chi connectivity index (χ3v) is 2.60. The van der Waals surface area contributed by atoms with Gasteiger partial charge in [0.25, 0.3) is 0 Å². The number of aliphatic hydroxyl groups excluding tert-OH is 1. The van der Waals surface area contributed by atoms with Gasteiger partial charge in [-0.2, -0.15) is 5.26 Å². The summed E-state index contributed by atoms with van der Waals surface area (Å²) in [5, 5.41) is 17.7. The molecule has 0 bridgehead atoms. The lowest BCUT2D eigenvalue weighted by atomic mass is 9.65. The number of nitriles is 1. The van der Waals surface area contributed by atoms with Gasteiger partial charge in [-0.1, -0.05) is 13.3 Å². The van der Waals surface area contributed by atoms with Crippen molar-refractivity contribution in [2.75, 3.05) is 6.61 Å². The summed E-state index contributed by atoms with van der Waals surface area (Å²) in [5.41, 5.74) is -0.0673. The van der Waals surface area contributed by atoms with E-state index in [0.717, 1.165) is 19.3 Å². The van der Waals surface area contributed by atoms with E-state index in [4.69, 9.17) is 10.4 Å². The normalized spacial score (nSPS) is 23.4. The van der Waals surface area contributed by atoms with Gasteiger partial charge in [-0.15, -0.1) is 0 Å². The molecule has 1 rings (SSSR count). The maximum Gasteiger partial charge on any atom is 0.0689 e. The van der Waals surface area contributed by atoms with Crippen LogP contribution in [0.1, 0.15) is 32.6 Å². The highest BCUT2D eigenvalue weighted by atomic mass is 16.3. The minimum Gasteiger partial charge on any atom is -0.396 e. The Kier molecular flexibility index (Phi) is 2.51. The van der Waals surface area contributed by atoms with E-state index in [1.807, 2.05) is 6.92 Å². The Morgan fingerprint density at radius 3 is 2.55 bits per heavy atom. The maximum absolute atomic E-state index is 8.85. The van der Waals surface area contributed by atoms with Crippen LogP contribution in [0.25, 0.3) is 0 Å². The second kappa shape index (κ2) is 3.23. The van der Waals surface area contributed by atoms with E-state index in [1.54, 1.807) is 0 Å². The summed E-state index contributed by atoms with van der Waals surface area (Å²) in [6.07, 6.45) is 4.13. The first-order valence-corrected chi connectivity index (χ1v) is 4.24. The number of hydrogen-bond donors (Lipinski definition) is 1. The molecule has 1 fully saturated rings. The molecule has 1 aliphatic carbocycles. The van der Waals surface area contributed by atoms with E-state index in [9.17, 15) is 0 Å². The second-order valence-corrected chi connectivity index (χ2v) is 3.74. The molecule has 2 heteroatoms. The third kappa shape index (κ3) is 1.72. The highest BCUT2D eigenvalue weighted by Gasteiger charge is 2.37. The molecular formula is C9H15NO. The minimum absolute atomic E-state index is 0.0673. The van der Waals surface area contributed by atoms with Crippen LogP contribution in [0.3, 0.4) is 0 Å². The van der Waals surface area contributed by atoms with Crippen molar-refractivity contribution in [3.63, 3.8) is 0 Å². The fraction of sp³-hybridized carbons (Fsp3) is 0.889. The molecule has 62 valence electrons. The van der Waals surface area contributed by atoms with Crippen molar-refractivity contribution in [2.45, 2.75) is 32.6 Å². The summed E-state index contributed by atoms with van der Waals surface area (Å²) in [5.74, 6) is 0.287. The van der Waals surface area contributed by atoms with Crippen molar-refractivity contribution in [2.24, 2.45) is 11.3 Å². The van der Waals surface area contributed by atoms with Crippen LogP contribution in [0.4, 0.5) is 0 Å². The van der Waals surface area contributed by atoms with Gasteiger partial charge in [-0.05, 0) is 25.2 Å². The summed E-state index contributed by atoms with van der Waals surface area (Å²) >= 11 is 0. The molecule has 1 unspecified atom stereocenters. The largest absolute Gasteiger partial charge is 0.396 e. The van der Waals surface area contributed by atoms with Crippen molar-refractivity contribution in [1.82, 2.24) is 0 Å². The molecule has 11 heavy (non-hydrogen) atoms. The predicted molar refractivity (Wildman–Crippen MR) is 42.8 cm³/mol. The zero-order chi connectivity index (χ0) is 8.32. The minimum atomic E-state index is -0.0673. The van der Waals surface area contributed by atoms with Crippen LogP contribution in [-0.2, 0) is 0 Å². The predicted octanol–water partition coefficient (Wildman–Crippen LogP) is 1.70. The Hall–Kier alpha value is -0.550. The Morgan fingerprint density at radius 2 is 2.27 bits per heavy atom. The van der Waals surface area contributed by atoms with Crippen LogP contribution >= 0.6 is 0 Å². The average Bonchev–Trinajstić information content (AvgIpc) is 1.96. The average molecular weight is 153 g/mol. The van der Waals surface area contributed by atoms with Crippen molar-refractivity contribution < 1.29 is 5.11 Å². The van der Waals surface area contributed by atoms with Gasteiger partial charge in [0.2, 0.25) is 0 Å². The molecule has 1 atom stereocenters. The number of hydrogen-bond acceptors (Lipinski definition) is 2. The van der Waals surface area contributed by atoms with Crippen molar-refractivity contribution in [3.05, 3.63) is 0 Å². The first kappa shape index (κ1) is 8.55. The molecule has 0 radical (unpaired) electrons. The summed E-state index contributed by atoms with van der Waals surface area (Å²) < 4.78 is 0. The van der Waals surface area contributed by atoms with Crippen molar-refractivity contribution >= 4 is 0 Å². The molecule has 1 aliphatic rings. The molecular weight excluding hydrogens is 138 g/mol. The zero-order valence-corrected chi connectivity index (χ0v) is 7.01. The van der Waals surface area contributed by atoms with Crippen molar-refractivity contribution in [1.29, 1.82) is 5.26 Å². The summed E-state index contributed by atoms with van der Waals surface area (Å²) in [7, 11) is 0. The van der Waals surface area contributed by atoms with E-state index in [-0.39, 0.29) is 17.9 Å². The van der Waals surface area contributed by atoms with E-state index >= 15 is 0 Å². The maximum atomic E-state index is 8.85. The third-order valence-electron chi connectivity index (χ3n) is 2.60. The molecule has 0 aromatic carbocycles. The van der Waals surface area contributed by atoms with Gasteiger partial charge >= 0.3 is 0 Å². The Balaban J connectivity index is 2.40. The Morgan fingerprint density at radius 1 is 1.64 bits per heavy atom. The fourth-order valence-corrected chi connectivity index (χ4v) is 1.70. The lowest BCUT2D eigenvalue weighted by molar-refractivity contribution is 0.132. The SMILES string of the molecule is CC(CO)CC1(C#N)CCC1. The summed E-state index contributed by atoms with van der Waals surface area (Å²) in [4.78, 5) is 0. The van der Waals surface area contributed by atoms with Gasteiger partial charge in [0.05, 0.1) is 11.5 Å². The topological polar surface area (TPSA) is 44.0 Å². The van der Waals surface area contributed by atoms with Crippen LogP contribution in [0.5, 0.6) is 0 Å². The van der Waals surface area contributed by atoms with E-state index in [2.05, 4.69) is 6.07 Å². The molecule has 0 saturated heterocycles. The lowest BCUT2D eigenvalue weighted by Gasteiger charge is -2.36. The molecule has 0 spiro atoms. The zero-order valence-electron chi connectivity index (χ0n) is 7.01. The molecule has 1 saturated carbocycles. The van der Waals surface area contributed by atoms with Crippen LogP contribution in [0.15, 0.2) is 0 Å². The summed E-state index contributed by atoms with van der Waals surface area (Å²) in [6, 6.07) is 2.37. The molecule has 0 heterocycles. The van der Waals surface area contributed by atoms with Crippen LogP contribution in [-0.4, -0.2) is 11.7 Å². The molecule has 0 aromatic rings. The van der Waals surface area contributed by atoms with Gasteiger partial charge in [0.1, 0.15) is 0 Å². The van der Waals surface area contributed by atoms with Gasteiger partial charge in [-0.3, -0.25) is 0 Å². The quantitative estimate of drug-likeness (QED) is 0.670. The number of nitrogens with zero attached hydrogens (tertiary/aromatic N) is 1. The first-order chi connectivity index (χ1) is 5.22. The monoisotopic (exact) mass is 153 g/mol. The van der Waals surface area contributed by atoms with Gasteiger partial charge < -0.3 is 5.11 Å². The molecule has 1 N–H and O–H groups in total. The molecule has 0 aliphatic heterocycles. The van der Waals surface area contributed by atoms with E-state index in [1.165, 1.54) is 6.42 Å². The lowest BCUT2D eigenvalue weighted by Crippen LogP contribution is -2.30. The van der Waals surface area contributed by atoms with Crippen LogP contribution < -0.4 is 0 Å². The number of aliphatic hydroxyl groups is 1. The Labute approximate surface area is 67.8 Å².